The van der Waals surface area contributed by atoms with E-state index in [4.69, 9.17) is 32.7 Å². The van der Waals surface area contributed by atoms with E-state index >= 15 is 0 Å². The third kappa shape index (κ3) is 3.98. The Balaban J connectivity index is 1.57. The SMILES string of the molecule is COc1ccc(-c2nnc(SCC3CC3(Cl)Cl)n2CC2CCCO2)cc1. The number of aromatic nitrogens is 3. The number of thioether (sulfide) groups is 1. The van der Waals surface area contributed by atoms with Crippen molar-refractivity contribution >= 4 is 35.0 Å². The van der Waals surface area contributed by atoms with Crippen LogP contribution in [0.3, 0.4) is 0 Å². The number of halogens is 2. The quantitative estimate of drug-likeness (QED) is 0.496. The van der Waals surface area contributed by atoms with E-state index in [1.807, 2.05) is 24.3 Å². The summed E-state index contributed by atoms with van der Waals surface area (Å²) in [5, 5.41) is 9.77. The molecule has 0 radical (unpaired) electrons. The smallest absolute Gasteiger partial charge is 0.191 e. The molecule has 2 aliphatic rings. The maximum Gasteiger partial charge on any atom is 0.191 e. The molecule has 140 valence electrons. The molecular weight excluding hydrogens is 393 g/mol. The lowest BCUT2D eigenvalue weighted by atomic mass is 10.2. The van der Waals surface area contributed by atoms with Gasteiger partial charge in [-0.3, -0.25) is 4.57 Å². The normalized spacial score (nSPS) is 24.0. The second-order valence-electron chi connectivity index (χ2n) is 6.75. The first kappa shape index (κ1) is 18.4. The standard InChI is InChI=1S/C18H21Cl2N3O2S/c1-24-14-6-4-12(5-7-14)16-21-22-17(26-11-13-9-18(13,19)20)23(16)10-15-3-2-8-25-15/h4-7,13,15H,2-3,8-11H2,1H3. The van der Waals surface area contributed by atoms with Gasteiger partial charge in [-0.15, -0.1) is 33.4 Å². The molecule has 2 unspecified atom stereocenters. The van der Waals surface area contributed by atoms with Gasteiger partial charge in [0.2, 0.25) is 0 Å². The third-order valence-corrected chi connectivity index (χ3v) is 6.90. The van der Waals surface area contributed by atoms with E-state index < -0.39 is 4.33 Å². The molecule has 1 aliphatic heterocycles. The average molecular weight is 414 g/mol. The predicted octanol–water partition coefficient (Wildman–Crippen LogP) is 4.42. The van der Waals surface area contributed by atoms with Crippen molar-refractivity contribution in [3.05, 3.63) is 24.3 Å². The van der Waals surface area contributed by atoms with Crippen LogP contribution in [0.1, 0.15) is 19.3 Å². The molecule has 0 N–H and O–H groups in total. The van der Waals surface area contributed by atoms with E-state index in [9.17, 15) is 0 Å². The van der Waals surface area contributed by atoms with Gasteiger partial charge in [0.25, 0.3) is 0 Å². The van der Waals surface area contributed by atoms with Crippen LogP contribution < -0.4 is 4.74 Å². The summed E-state index contributed by atoms with van der Waals surface area (Å²) in [5.74, 6) is 2.83. The summed E-state index contributed by atoms with van der Waals surface area (Å²) in [6.45, 7) is 1.59. The van der Waals surface area contributed by atoms with Gasteiger partial charge in [-0.05, 0) is 43.5 Å². The number of hydrogen-bond donors (Lipinski definition) is 0. The van der Waals surface area contributed by atoms with Crippen LogP contribution >= 0.6 is 35.0 Å². The highest BCUT2D eigenvalue weighted by Crippen LogP contribution is 2.54. The third-order valence-electron chi connectivity index (χ3n) is 4.84. The van der Waals surface area contributed by atoms with E-state index in [1.54, 1.807) is 18.9 Å². The van der Waals surface area contributed by atoms with E-state index in [2.05, 4.69) is 14.8 Å². The number of methoxy groups -OCH3 is 1. The maximum atomic E-state index is 6.16. The highest BCUT2D eigenvalue weighted by Gasteiger charge is 2.51. The summed E-state index contributed by atoms with van der Waals surface area (Å²) in [5.41, 5.74) is 1.01. The molecule has 4 rings (SSSR count). The molecule has 2 heterocycles. The zero-order valence-electron chi connectivity index (χ0n) is 14.5. The molecule has 1 aromatic carbocycles. The van der Waals surface area contributed by atoms with Gasteiger partial charge in [-0.25, -0.2) is 0 Å². The van der Waals surface area contributed by atoms with E-state index in [0.29, 0.717) is 5.92 Å². The number of rotatable bonds is 7. The van der Waals surface area contributed by atoms with Crippen molar-refractivity contribution in [2.24, 2.45) is 5.92 Å². The van der Waals surface area contributed by atoms with Crippen molar-refractivity contribution in [3.8, 4) is 17.1 Å². The number of benzene rings is 1. The predicted molar refractivity (Wildman–Crippen MR) is 104 cm³/mol. The van der Waals surface area contributed by atoms with Crippen molar-refractivity contribution in [2.75, 3.05) is 19.5 Å². The van der Waals surface area contributed by atoms with Gasteiger partial charge in [0.1, 0.15) is 10.1 Å². The van der Waals surface area contributed by atoms with Crippen LogP contribution in [0.15, 0.2) is 29.4 Å². The topological polar surface area (TPSA) is 49.2 Å². The number of alkyl halides is 2. The number of hydrogen-bond acceptors (Lipinski definition) is 5. The van der Waals surface area contributed by atoms with Gasteiger partial charge < -0.3 is 9.47 Å². The number of nitrogens with zero attached hydrogens (tertiary/aromatic N) is 3. The molecule has 0 amide bonds. The Morgan fingerprint density at radius 2 is 2.08 bits per heavy atom. The highest BCUT2D eigenvalue weighted by atomic mass is 35.5. The monoisotopic (exact) mass is 413 g/mol. The van der Waals surface area contributed by atoms with Crippen molar-refractivity contribution < 1.29 is 9.47 Å². The Morgan fingerprint density at radius 1 is 1.31 bits per heavy atom. The van der Waals surface area contributed by atoms with Crippen molar-refractivity contribution in [3.63, 3.8) is 0 Å². The first-order chi connectivity index (χ1) is 12.6. The summed E-state index contributed by atoms with van der Waals surface area (Å²) in [4.78, 5) is 0. The van der Waals surface area contributed by atoms with Crippen LogP contribution in [-0.4, -0.2) is 44.7 Å². The second-order valence-corrected chi connectivity index (χ2v) is 9.28. The van der Waals surface area contributed by atoms with Crippen LogP contribution in [0.5, 0.6) is 5.75 Å². The van der Waals surface area contributed by atoms with Gasteiger partial charge in [0.15, 0.2) is 11.0 Å². The molecule has 1 saturated carbocycles. The van der Waals surface area contributed by atoms with Crippen molar-refractivity contribution in [1.82, 2.24) is 14.8 Å². The lowest BCUT2D eigenvalue weighted by Gasteiger charge is -2.15. The van der Waals surface area contributed by atoms with Gasteiger partial charge in [-0.2, -0.15) is 0 Å². The van der Waals surface area contributed by atoms with Crippen LogP contribution in [0.2, 0.25) is 0 Å². The van der Waals surface area contributed by atoms with Crippen LogP contribution in [0, 0.1) is 5.92 Å². The Kier molecular flexibility index (Phi) is 5.37. The Morgan fingerprint density at radius 3 is 2.69 bits per heavy atom. The fraction of sp³-hybridized carbons (Fsp3) is 0.556. The Bertz CT molecular complexity index is 760. The zero-order chi connectivity index (χ0) is 18.1. The minimum absolute atomic E-state index is 0.211. The molecule has 2 aromatic rings. The second kappa shape index (κ2) is 7.58. The molecule has 0 bridgehead atoms. The first-order valence-electron chi connectivity index (χ1n) is 8.76. The molecule has 2 atom stereocenters. The minimum atomic E-state index is -0.564. The maximum absolute atomic E-state index is 6.16. The summed E-state index contributed by atoms with van der Waals surface area (Å²) in [6, 6.07) is 7.89. The fourth-order valence-corrected chi connectivity index (χ4v) is 5.01. The number of ether oxygens (including phenoxy) is 2. The van der Waals surface area contributed by atoms with Crippen molar-refractivity contribution in [2.45, 2.75) is 41.4 Å². The summed E-state index contributed by atoms with van der Waals surface area (Å²) in [6.07, 6.45) is 3.23. The lowest BCUT2D eigenvalue weighted by Crippen LogP contribution is -2.16. The molecule has 5 nitrogen and oxygen atoms in total. The van der Waals surface area contributed by atoms with E-state index in [1.165, 1.54) is 0 Å². The Hall–Kier alpha value is -0.950. The van der Waals surface area contributed by atoms with E-state index in [0.717, 1.165) is 60.5 Å². The zero-order valence-corrected chi connectivity index (χ0v) is 16.9. The van der Waals surface area contributed by atoms with Crippen LogP contribution in [0.4, 0.5) is 0 Å². The van der Waals surface area contributed by atoms with Gasteiger partial charge in [0, 0.05) is 23.8 Å². The van der Waals surface area contributed by atoms with E-state index in [-0.39, 0.29) is 6.10 Å². The van der Waals surface area contributed by atoms with Gasteiger partial charge >= 0.3 is 0 Å². The highest BCUT2D eigenvalue weighted by molar-refractivity contribution is 7.99. The average Bonchev–Trinajstić information content (AvgIpc) is 3.04. The van der Waals surface area contributed by atoms with Crippen molar-refractivity contribution in [1.29, 1.82) is 0 Å². The molecule has 1 aromatic heterocycles. The molecular formula is C18H21Cl2N3O2S. The van der Waals surface area contributed by atoms with Crippen LogP contribution in [0.25, 0.3) is 11.4 Å². The molecule has 1 aliphatic carbocycles. The minimum Gasteiger partial charge on any atom is -0.497 e. The summed E-state index contributed by atoms with van der Waals surface area (Å²) < 4.78 is 12.7. The first-order valence-corrected chi connectivity index (χ1v) is 10.5. The van der Waals surface area contributed by atoms with Gasteiger partial charge in [0.05, 0.1) is 19.8 Å². The fourth-order valence-electron chi connectivity index (χ4n) is 3.13. The lowest BCUT2D eigenvalue weighted by molar-refractivity contribution is 0.0953. The van der Waals surface area contributed by atoms with Crippen LogP contribution in [-0.2, 0) is 11.3 Å². The summed E-state index contributed by atoms with van der Waals surface area (Å²) >= 11 is 14.0. The summed E-state index contributed by atoms with van der Waals surface area (Å²) in [7, 11) is 1.66. The molecule has 26 heavy (non-hydrogen) atoms. The largest absolute Gasteiger partial charge is 0.497 e. The molecule has 0 spiro atoms. The molecule has 2 fully saturated rings. The van der Waals surface area contributed by atoms with Gasteiger partial charge in [-0.1, -0.05) is 11.8 Å². The molecule has 1 saturated heterocycles. The molecule has 8 heteroatoms. The Labute approximate surface area is 167 Å².